The first kappa shape index (κ1) is 15.3. The number of hydrogen-bond donors (Lipinski definition) is 2. The molecule has 5 heteroatoms. The number of rotatable bonds is 4. The van der Waals surface area contributed by atoms with Crippen molar-refractivity contribution in [1.82, 2.24) is 5.32 Å². The molecule has 0 spiro atoms. The van der Waals surface area contributed by atoms with Crippen LogP contribution >= 0.6 is 0 Å². The van der Waals surface area contributed by atoms with E-state index in [-0.39, 0.29) is 11.9 Å². The topological polar surface area (TPSA) is 75.6 Å². The predicted octanol–water partition coefficient (Wildman–Crippen LogP) is 2.09. The summed E-state index contributed by atoms with van der Waals surface area (Å²) in [4.78, 5) is 22.9. The molecule has 5 nitrogen and oxygen atoms in total. The maximum atomic E-state index is 12.1. The molecule has 2 N–H and O–H groups in total. The molecule has 0 bridgehead atoms. The maximum Gasteiger partial charge on any atom is 0.332 e. The van der Waals surface area contributed by atoms with Gasteiger partial charge < -0.3 is 15.2 Å². The fourth-order valence-electron chi connectivity index (χ4n) is 3.26. The molecule has 0 radical (unpaired) electrons. The Labute approximate surface area is 120 Å². The smallest absolute Gasteiger partial charge is 0.332 e. The van der Waals surface area contributed by atoms with Crippen LogP contribution < -0.4 is 5.32 Å². The first-order valence-corrected chi connectivity index (χ1v) is 7.76. The van der Waals surface area contributed by atoms with Crippen molar-refractivity contribution >= 4 is 11.9 Å². The summed E-state index contributed by atoms with van der Waals surface area (Å²) in [6, 6.07) is 0.146. The van der Waals surface area contributed by atoms with Crippen LogP contribution in [-0.2, 0) is 14.3 Å². The van der Waals surface area contributed by atoms with Gasteiger partial charge in [0.2, 0.25) is 5.91 Å². The van der Waals surface area contributed by atoms with Gasteiger partial charge in [-0.25, -0.2) is 4.79 Å². The molecule has 1 aliphatic heterocycles. The molecule has 1 aliphatic carbocycles. The third-order valence-electron chi connectivity index (χ3n) is 4.56. The van der Waals surface area contributed by atoms with E-state index in [4.69, 9.17) is 9.84 Å². The van der Waals surface area contributed by atoms with Crippen LogP contribution in [0.1, 0.15) is 58.3 Å². The van der Waals surface area contributed by atoms with E-state index < -0.39 is 18.2 Å². The van der Waals surface area contributed by atoms with Gasteiger partial charge in [0.25, 0.3) is 0 Å². The Kier molecular flexibility index (Phi) is 5.40. The number of carbonyl (C=O) groups is 2. The number of nitrogens with one attached hydrogen (secondary N) is 1. The number of carboxylic acids is 1. The number of carboxylic acid groups (broad SMARTS) is 1. The van der Waals surface area contributed by atoms with E-state index in [1.165, 1.54) is 38.5 Å². The van der Waals surface area contributed by atoms with Crippen molar-refractivity contribution in [3.63, 3.8) is 0 Å². The Hall–Kier alpha value is -1.10. The van der Waals surface area contributed by atoms with E-state index in [0.717, 1.165) is 0 Å². The van der Waals surface area contributed by atoms with Crippen LogP contribution in [0.4, 0.5) is 0 Å². The zero-order valence-corrected chi connectivity index (χ0v) is 12.1. The highest BCUT2D eigenvalue weighted by molar-refractivity contribution is 5.82. The summed E-state index contributed by atoms with van der Waals surface area (Å²) in [5.41, 5.74) is 0. The molecule has 2 fully saturated rings. The SMILES string of the molecule is C[C@H](NC(=O)C1CCC(C(=O)O)O1)C1CCCCCC1. The van der Waals surface area contributed by atoms with Crippen LogP contribution in [0.15, 0.2) is 0 Å². The van der Waals surface area contributed by atoms with E-state index in [2.05, 4.69) is 12.2 Å². The summed E-state index contributed by atoms with van der Waals surface area (Å²) in [5, 5.41) is 11.9. The monoisotopic (exact) mass is 283 g/mol. The minimum absolute atomic E-state index is 0.146. The molecule has 3 atom stereocenters. The number of carbonyl (C=O) groups excluding carboxylic acids is 1. The molecule has 1 heterocycles. The Morgan fingerprint density at radius 1 is 1.05 bits per heavy atom. The van der Waals surface area contributed by atoms with Gasteiger partial charge in [-0.05, 0) is 38.5 Å². The second kappa shape index (κ2) is 7.07. The number of hydrogen-bond acceptors (Lipinski definition) is 3. The molecule has 114 valence electrons. The molecule has 1 saturated carbocycles. The van der Waals surface area contributed by atoms with E-state index in [0.29, 0.717) is 18.8 Å². The summed E-state index contributed by atoms with van der Waals surface area (Å²) < 4.78 is 5.29. The summed E-state index contributed by atoms with van der Waals surface area (Å²) in [6.07, 6.45) is 6.92. The molecule has 2 rings (SSSR count). The zero-order valence-electron chi connectivity index (χ0n) is 12.1. The highest BCUT2D eigenvalue weighted by Crippen LogP contribution is 2.26. The Balaban J connectivity index is 1.80. The minimum Gasteiger partial charge on any atom is -0.479 e. The first-order valence-electron chi connectivity index (χ1n) is 7.76. The molecule has 1 amide bonds. The van der Waals surface area contributed by atoms with E-state index >= 15 is 0 Å². The van der Waals surface area contributed by atoms with Gasteiger partial charge in [-0.2, -0.15) is 0 Å². The van der Waals surface area contributed by atoms with E-state index in [1.54, 1.807) is 0 Å². The van der Waals surface area contributed by atoms with Crippen molar-refractivity contribution < 1.29 is 19.4 Å². The van der Waals surface area contributed by atoms with Crippen LogP contribution in [0.25, 0.3) is 0 Å². The highest BCUT2D eigenvalue weighted by Gasteiger charge is 2.35. The van der Waals surface area contributed by atoms with Crippen molar-refractivity contribution in [3.05, 3.63) is 0 Å². The molecule has 0 aromatic heterocycles. The van der Waals surface area contributed by atoms with Gasteiger partial charge in [-0.3, -0.25) is 4.79 Å². The summed E-state index contributed by atoms with van der Waals surface area (Å²) in [5.74, 6) is -0.583. The molecule has 0 aromatic carbocycles. The third-order valence-corrected chi connectivity index (χ3v) is 4.56. The lowest BCUT2D eigenvalue weighted by Crippen LogP contribution is -2.43. The molecule has 0 aromatic rings. The fraction of sp³-hybridized carbons (Fsp3) is 0.867. The van der Waals surface area contributed by atoms with Crippen molar-refractivity contribution in [1.29, 1.82) is 0 Å². The van der Waals surface area contributed by atoms with Gasteiger partial charge in [0, 0.05) is 6.04 Å². The van der Waals surface area contributed by atoms with E-state index in [9.17, 15) is 9.59 Å². The number of amides is 1. The molecular weight excluding hydrogens is 258 g/mol. The van der Waals surface area contributed by atoms with Crippen LogP contribution in [0.3, 0.4) is 0 Å². The lowest BCUT2D eigenvalue weighted by molar-refractivity contribution is -0.152. The van der Waals surface area contributed by atoms with Crippen molar-refractivity contribution in [2.24, 2.45) is 5.92 Å². The largest absolute Gasteiger partial charge is 0.479 e. The average Bonchev–Trinajstić information content (AvgIpc) is 2.75. The minimum atomic E-state index is -0.975. The lowest BCUT2D eigenvalue weighted by Gasteiger charge is -2.25. The van der Waals surface area contributed by atoms with Crippen molar-refractivity contribution in [3.8, 4) is 0 Å². The number of ether oxygens (including phenoxy) is 1. The average molecular weight is 283 g/mol. The normalized spacial score (nSPS) is 29.6. The van der Waals surface area contributed by atoms with E-state index in [1.807, 2.05) is 0 Å². The van der Waals surface area contributed by atoms with Crippen molar-refractivity contribution in [2.45, 2.75) is 76.5 Å². The molecule has 1 saturated heterocycles. The van der Waals surface area contributed by atoms with Gasteiger partial charge in [0.05, 0.1) is 0 Å². The van der Waals surface area contributed by atoms with Gasteiger partial charge in [-0.1, -0.05) is 25.7 Å². The van der Waals surface area contributed by atoms with Gasteiger partial charge in [0.15, 0.2) is 6.10 Å². The van der Waals surface area contributed by atoms with Crippen LogP contribution in [0, 0.1) is 5.92 Å². The standard InChI is InChI=1S/C15H25NO4/c1-10(11-6-4-2-3-5-7-11)16-14(17)12-8-9-13(20-12)15(18)19/h10-13H,2-9H2,1H3,(H,16,17)(H,18,19)/t10-,12?,13?/m0/s1. The van der Waals surface area contributed by atoms with Crippen LogP contribution in [0.5, 0.6) is 0 Å². The second-order valence-corrected chi connectivity index (χ2v) is 6.08. The second-order valence-electron chi connectivity index (χ2n) is 6.08. The van der Waals surface area contributed by atoms with Gasteiger partial charge in [-0.15, -0.1) is 0 Å². The van der Waals surface area contributed by atoms with Crippen LogP contribution in [-0.4, -0.2) is 35.2 Å². The molecule has 2 aliphatic rings. The Morgan fingerprint density at radius 2 is 1.65 bits per heavy atom. The number of aliphatic carboxylic acids is 1. The van der Waals surface area contributed by atoms with Gasteiger partial charge in [0.1, 0.15) is 6.10 Å². The third kappa shape index (κ3) is 3.95. The molecule has 20 heavy (non-hydrogen) atoms. The van der Waals surface area contributed by atoms with Gasteiger partial charge >= 0.3 is 5.97 Å². The first-order chi connectivity index (χ1) is 9.58. The summed E-state index contributed by atoms with van der Waals surface area (Å²) in [6.45, 7) is 2.05. The predicted molar refractivity (Wildman–Crippen MR) is 74.3 cm³/mol. The zero-order chi connectivity index (χ0) is 14.5. The quantitative estimate of drug-likeness (QED) is 0.775. The lowest BCUT2D eigenvalue weighted by atomic mass is 9.93. The van der Waals surface area contributed by atoms with Crippen LogP contribution in [0.2, 0.25) is 0 Å². The Morgan fingerprint density at radius 3 is 2.20 bits per heavy atom. The fourth-order valence-corrected chi connectivity index (χ4v) is 3.26. The molecular formula is C15H25NO4. The summed E-state index contributed by atoms with van der Waals surface area (Å²) >= 11 is 0. The highest BCUT2D eigenvalue weighted by atomic mass is 16.5. The summed E-state index contributed by atoms with van der Waals surface area (Å²) in [7, 11) is 0. The van der Waals surface area contributed by atoms with Crippen molar-refractivity contribution in [2.75, 3.05) is 0 Å². The maximum absolute atomic E-state index is 12.1. The Bertz CT molecular complexity index is 350. The molecule has 2 unspecified atom stereocenters.